The third-order valence-electron chi connectivity index (χ3n) is 12.3. The summed E-state index contributed by atoms with van der Waals surface area (Å²) in [6, 6.07) is 7.74. The molecular formula is C45H57N4O16PS2. The monoisotopic (exact) mass is 1000 g/mol. The van der Waals surface area contributed by atoms with E-state index in [1.165, 1.54) is 12.1 Å². The minimum Gasteiger partial charge on any atom is -0.744 e. The molecule has 23 heteroatoms. The van der Waals surface area contributed by atoms with Crippen LogP contribution in [-0.2, 0) is 72.1 Å². The number of nitrogens with one attached hydrogen (secondary N) is 3. The number of unbranched alkanes of at least 4 members (excludes halogenated alkanes) is 2. The molecule has 2 unspecified atom stereocenters. The Morgan fingerprint density at radius 2 is 1.66 bits per heavy atom. The normalized spacial score (nSPS) is 16.5. The van der Waals surface area contributed by atoms with E-state index in [9.17, 15) is 45.2 Å². The standard InChI is InChI=1S/C45H57N4O16PS2/c1-28-41-29(9-5-17-47-41)25-34-40(35-26-30-10-6-20-49-21-7-11-33(42(30)49)44(35)64-43(28)34)32-14-13-31(27-37(32)68(59,60)61)67(57,58)48-18-4-2-3-12-38(50)46-19-24-62-22-8-23-63-66(55,56)65-36(45(53)54)15-16-39(51)52/h13-14,25-27,36,48H,2-12,15-24H2,1H3,(H5,46,50,51,52,53,54,55,56,59,60,61). The van der Waals surface area contributed by atoms with Crippen molar-refractivity contribution in [3.63, 3.8) is 0 Å². The predicted octanol–water partition coefficient (Wildman–Crippen LogP) is 2.81. The third kappa shape index (κ3) is 12.1. The van der Waals surface area contributed by atoms with Gasteiger partial charge >= 0.3 is 19.8 Å². The van der Waals surface area contributed by atoms with Gasteiger partial charge in [0, 0.05) is 90.7 Å². The number of hydrogen-bond acceptors (Lipinski definition) is 14. The van der Waals surface area contributed by atoms with Gasteiger partial charge in [0.05, 0.1) is 28.6 Å². The molecule has 20 nitrogen and oxygen atoms in total. The van der Waals surface area contributed by atoms with E-state index in [1.807, 2.05) is 13.0 Å². The number of aliphatic carboxylic acids is 2. The summed E-state index contributed by atoms with van der Waals surface area (Å²) in [5.74, 6) is -1.97. The second-order valence-corrected chi connectivity index (χ2v) is 21.7. The van der Waals surface area contributed by atoms with Gasteiger partial charge in [-0.1, -0.05) is 12.5 Å². The second kappa shape index (κ2) is 21.9. The molecule has 4 aliphatic rings. The fraction of sp³-hybridized carbons (Fsp3) is 0.511. The quantitative estimate of drug-likeness (QED) is 0.0255. The van der Waals surface area contributed by atoms with Gasteiger partial charge in [-0.3, -0.25) is 18.6 Å². The molecule has 3 aromatic rings. The second-order valence-electron chi connectivity index (χ2n) is 17.2. The lowest BCUT2D eigenvalue weighted by molar-refractivity contribution is -0.147. The first kappa shape index (κ1) is 51.1. The number of ether oxygens (including phenoxy) is 2. The molecule has 0 bridgehead atoms. The Morgan fingerprint density at radius 1 is 0.897 bits per heavy atom. The minimum atomic E-state index is -5.22. The number of rotatable bonds is 24. The number of aryl methyl sites for hydroxylation is 2. The first-order valence-corrected chi connectivity index (χ1v) is 27.2. The van der Waals surface area contributed by atoms with Gasteiger partial charge in [0.15, 0.2) is 6.10 Å². The molecule has 0 aliphatic carbocycles. The summed E-state index contributed by atoms with van der Waals surface area (Å²) in [7, 11) is -14.3. The summed E-state index contributed by atoms with van der Waals surface area (Å²) < 4.78 is 105. The summed E-state index contributed by atoms with van der Waals surface area (Å²) >= 11 is 0. The minimum absolute atomic E-state index is 0.00969. The Kier molecular flexibility index (Phi) is 16.4. The third-order valence-corrected chi connectivity index (χ3v) is 15.7. The summed E-state index contributed by atoms with van der Waals surface area (Å²) in [5.41, 5.74) is 6.34. The van der Waals surface area contributed by atoms with Crippen LogP contribution in [0.2, 0.25) is 0 Å². The van der Waals surface area contributed by atoms with E-state index >= 15 is 0 Å². The molecule has 7 rings (SSSR count). The van der Waals surface area contributed by atoms with Gasteiger partial charge in [0.2, 0.25) is 21.3 Å². The average Bonchev–Trinajstić information content (AvgIpc) is 3.29. The van der Waals surface area contributed by atoms with Gasteiger partial charge in [-0.25, -0.2) is 35.5 Å². The lowest BCUT2D eigenvalue weighted by atomic mass is 9.85. The van der Waals surface area contributed by atoms with Crippen molar-refractivity contribution in [2.45, 2.75) is 106 Å². The Morgan fingerprint density at radius 3 is 2.41 bits per heavy atom. The molecule has 0 aromatic heterocycles. The lowest BCUT2D eigenvalue weighted by Gasteiger charge is -2.31. The van der Waals surface area contributed by atoms with Crippen LogP contribution in [0, 0.1) is 6.92 Å². The highest BCUT2D eigenvalue weighted by Gasteiger charge is 2.35. The number of amides is 1. The van der Waals surface area contributed by atoms with Crippen molar-refractivity contribution < 1.29 is 74.0 Å². The molecule has 0 spiro atoms. The van der Waals surface area contributed by atoms with Crippen LogP contribution in [0.5, 0.6) is 11.5 Å². The zero-order valence-electron chi connectivity index (χ0n) is 37.7. The van der Waals surface area contributed by atoms with Gasteiger partial charge in [0.25, 0.3) is 0 Å². The first-order valence-electron chi connectivity index (χ1n) is 22.8. The van der Waals surface area contributed by atoms with E-state index in [2.05, 4.69) is 30.5 Å². The molecule has 68 heavy (non-hydrogen) atoms. The molecule has 0 fully saturated rings. The maximum absolute atomic E-state index is 13.6. The molecule has 3 aromatic carbocycles. The number of hydrogen-bond donors (Lipinski definition) is 6. The Labute approximate surface area is 394 Å². The van der Waals surface area contributed by atoms with Crippen molar-refractivity contribution in [3.05, 3.63) is 74.3 Å². The predicted molar refractivity (Wildman–Crippen MR) is 245 cm³/mol. The lowest BCUT2D eigenvalue weighted by Crippen LogP contribution is -2.45. The SMILES string of the molecule is Cc1c2c(cc3c1Oc1c4c5c(cc1=C3c1ccc(S(=O)(=O)NCCCCCC(=O)NCCOCCCOP(=O)(O)OC(CCC(=O)O)C(=O)O)cc1S(=O)(=O)[O-])CCC[N+]=5CCC4)CCCN2. The molecule has 1 amide bonds. The van der Waals surface area contributed by atoms with Gasteiger partial charge in [-0.05, 0) is 88.1 Å². The van der Waals surface area contributed by atoms with Crippen LogP contribution in [0.1, 0.15) is 97.6 Å². The summed E-state index contributed by atoms with van der Waals surface area (Å²) in [6.45, 7) is 4.66. The highest BCUT2D eigenvalue weighted by molar-refractivity contribution is 7.89. The zero-order chi connectivity index (χ0) is 48.8. The maximum atomic E-state index is 13.6. The van der Waals surface area contributed by atoms with Crippen molar-refractivity contribution in [2.75, 3.05) is 57.9 Å². The van der Waals surface area contributed by atoms with Crippen LogP contribution in [0.3, 0.4) is 0 Å². The van der Waals surface area contributed by atoms with Crippen LogP contribution in [0.15, 0.2) is 40.1 Å². The zero-order valence-corrected chi connectivity index (χ0v) is 40.2. The van der Waals surface area contributed by atoms with Crippen molar-refractivity contribution >= 4 is 57.1 Å². The number of carbonyl (C=O) groups excluding carboxylic acids is 1. The van der Waals surface area contributed by atoms with E-state index in [0.717, 1.165) is 97.5 Å². The highest BCUT2D eigenvalue weighted by atomic mass is 32.2. The number of carboxylic acids is 2. The number of nitrogens with zero attached hydrogens (tertiary/aromatic N) is 1. The molecular weight excluding hydrogens is 948 g/mol. The Hall–Kier alpha value is -4.77. The highest BCUT2D eigenvalue weighted by Crippen LogP contribution is 2.47. The number of fused-ring (bicyclic) bond motifs is 4. The van der Waals surface area contributed by atoms with Gasteiger partial charge in [-0.15, -0.1) is 0 Å². The van der Waals surface area contributed by atoms with Crippen molar-refractivity contribution in [2.24, 2.45) is 0 Å². The largest absolute Gasteiger partial charge is 0.744 e. The van der Waals surface area contributed by atoms with E-state index in [0.29, 0.717) is 47.1 Å². The van der Waals surface area contributed by atoms with Gasteiger partial charge in [0.1, 0.15) is 34.7 Å². The number of anilines is 1. The first-order chi connectivity index (χ1) is 32.3. The van der Waals surface area contributed by atoms with Crippen LogP contribution >= 0.6 is 7.82 Å². The van der Waals surface area contributed by atoms with Crippen LogP contribution in [-0.4, -0.2) is 113 Å². The molecule has 0 saturated heterocycles. The molecule has 6 N–H and O–H groups in total. The number of sulfonamides is 1. The smallest absolute Gasteiger partial charge is 0.473 e. The number of carboxylic acid groups (broad SMARTS) is 2. The fourth-order valence-corrected chi connectivity index (χ4v) is 12.0. The van der Waals surface area contributed by atoms with Crippen molar-refractivity contribution in [1.29, 1.82) is 0 Å². The number of phosphoric acid groups is 1. The molecule has 0 saturated carbocycles. The van der Waals surface area contributed by atoms with Crippen LogP contribution in [0.25, 0.3) is 5.57 Å². The van der Waals surface area contributed by atoms with E-state index < -0.39 is 63.7 Å². The van der Waals surface area contributed by atoms with Crippen molar-refractivity contribution in [1.82, 2.24) is 14.6 Å². The van der Waals surface area contributed by atoms with E-state index in [4.69, 9.17) is 24.2 Å². The molecule has 0 radical (unpaired) electrons. The summed E-state index contributed by atoms with van der Waals surface area (Å²) in [5, 5.41) is 25.8. The topological polar surface area (TPSA) is 296 Å². The Balaban J connectivity index is 0.938. The average molecular weight is 1010 g/mol. The molecule has 4 heterocycles. The summed E-state index contributed by atoms with van der Waals surface area (Å²) in [6.07, 6.45) is 3.80. The molecule has 370 valence electrons. The fourth-order valence-electron chi connectivity index (χ4n) is 9.21. The van der Waals surface area contributed by atoms with E-state index in [1.54, 1.807) is 0 Å². The van der Waals surface area contributed by atoms with Crippen LogP contribution in [0.4, 0.5) is 5.69 Å². The van der Waals surface area contributed by atoms with Gasteiger partial charge in [-0.2, -0.15) is 0 Å². The van der Waals surface area contributed by atoms with Crippen molar-refractivity contribution in [3.8, 4) is 11.5 Å². The summed E-state index contributed by atoms with van der Waals surface area (Å²) in [4.78, 5) is 42.9. The Bertz CT molecular complexity index is 2870. The van der Waals surface area contributed by atoms with Crippen LogP contribution < -0.4 is 35.2 Å². The molecule has 4 aliphatic heterocycles. The molecule has 2 atom stereocenters. The van der Waals surface area contributed by atoms with E-state index in [-0.39, 0.29) is 62.1 Å². The number of benzene rings is 3. The number of phosphoric ester groups is 1. The van der Waals surface area contributed by atoms with Gasteiger partial charge < -0.3 is 39.8 Å². The maximum Gasteiger partial charge on any atom is 0.473 e. The number of carbonyl (C=O) groups is 3.